The van der Waals surface area contributed by atoms with Crippen molar-refractivity contribution in [2.24, 2.45) is 0 Å². The number of urea groups is 2. The molecule has 3 rings (SSSR count). The van der Waals surface area contributed by atoms with Crippen molar-refractivity contribution >= 4 is 41.2 Å². The highest BCUT2D eigenvalue weighted by molar-refractivity contribution is 6.30. The number of anilines is 1. The molecule has 0 aromatic heterocycles. The van der Waals surface area contributed by atoms with Crippen molar-refractivity contribution in [1.29, 1.82) is 0 Å². The summed E-state index contributed by atoms with van der Waals surface area (Å²) >= 11 is 5.88. The number of benzene rings is 2. The summed E-state index contributed by atoms with van der Waals surface area (Å²) in [6, 6.07) is 10.4. The number of hydrogen-bond donors (Lipinski definition) is 3. The summed E-state index contributed by atoms with van der Waals surface area (Å²) in [4.78, 5) is 50.4. The van der Waals surface area contributed by atoms with Gasteiger partial charge in [0.15, 0.2) is 0 Å². The maximum atomic E-state index is 12.8. The lowest BCUT2D eigenvalue weighted by Gasteiger charge is -2.22. The van der Waals surface area contributed by atoms with E-state index in [1.165, 1.54) is 0 Å². The Balaban J connectivity index is 1.65. The monoisotopic (exact) mass is 428 g/mol. The van der Waals surface area contributed by atoms with E-state index in [0.717, 1.165) is 16.0 Å². The molecule has 1 saturated heterocycles. The zero-order valence-electron chi connectivity index (χ0n) is 16.7. The zero-order chi connectivity index (χ0) is 22.1. The van der Waals surface area contributed by atoms with Crippen molar-refractivity contribution in [3.63, 3.8) is 0 Å². The van der Waals surface area contributed by atoms with Gasteiger partial charge >= 0.3 is 12.1 Å². The Hall–Kier alpha value is -3.39. The largest absolute Gasteiger partial charge is 0.325 e. The number of amides is 6. The van der Waals surface area contributed by atoms with Crippen LogP contribution in [0.4, 0.5) is 15.3 Å². The van der Waals surface area contributed by atoms with E-state index < -0.39 is 36.0 Å². The first kappa shape index (κ1) is 21.3. The molecule has 0 saturated carbocycles. The Morgan fingerprint density at radius 3 is 2.43 bits per heavy atom. The third-order valence-corrected chi connectivity index (χ3v) is 5.36. The second-order valence-corrected chi connectivity index (χ2v) is 7.64. The van der Waals surface area contributed by atoms with Gasteiger partial charge in [-0.3, -0.25) is 19.8 Å². The van der Waals surface area contributed by atoms with Gasteiger partial charge in [-0.05, 0) is 55.7 Å². The summed E-state index contributed by atoms with van der Waals surface area (Å²) in [6.07, 6.45) is 0. The van der Waals surface area contributed by atoms with Gasteiger partial charge in [-0.25, -0.2) is 9.59 Å². The van der Waals surface area contributed by atoms with Crippen molar-refractivity contribution < 1.29 is 19.2 Å². The standard InChI is InChI=1S/C21H21ClN4O4/c1-12-5-4-6-16(13(12)2)23-19(29)24-17(27)11-26-18(28)21(3,25-20(26)30)14-7-9-15(22)10-8-14/h4-10H,11H2,1-3H3,(H,25,30)(H2,23,24,27,29). The second-order valence-electron chi connectivity index (χ2n) is 7.20. The van der Waals surface area contributed by atoms with E-state index in [9.17, 15) is 19.2 Å². The number of carbonyl (C=O) groups is 4. The molecule has 1 aliphatic heterocycles. The minimum Gasteiger partial charge on any atom is -0.319 e. The quantitative estimate of drug-likeness (QED) is 0.650. The minimum atomic E-state index is -1.33. The van der Waals surface area contributed by atoms with Crippen molar-refractivity contribution in [2.45, 2.75) is 26.3 Å². The number of nitrogens with one attached hydrogen (secondary N) is 3. The van der Waals surface area contributed by atoms with Gasteiger partial charge in [0.1, 0.15) is 12.1 Å². The molecule has 8 nitrogen and oxygen atoms in total. The molecule has 0 spiro atoms. The second kappa shape index (κ2) is 8.16. The molecule has 1 heterocycles. The topological polar surface area (TPSA) is 108 Å². The van der Waals surface area contributed by atoms with Gasteiger partial charge in [-0.15, -0.1) is 0 Å². The van der Waals surface area contributed by atoms with E-state index in [1.807, 2.05) is 19.9 Å². The van der Waals surface area contributed by atoms with Crippen LogP contribution in [0.3, 0.4) is 0 Å². The zero-order valence-corrected chi connectivity index (χ0v) is 17.5. The van der Waals surface area contributed by atoms with Crippen molar-refractivity contribution in [1.82, 2.24) is 15.5 Å². The van der Waals surface area contributed by atoms with Gasteiger partial charge in [-0.1, -0.05) is 35.9 Å². The summed E-state index contributed by atoms with van der Waals surface area (Å²) in [5, 5.41) is 7.81. The minimum absolute atomic E-state index is 0.491. The van der Waals surface area contributed by atoms with Gasteiger partial charge in [0.05, 0.1) is 0 Å². The highest BCUT2D eigenvalue weighted by atomic mass is 35.5. The highest BCUT2D eigenvalue weighted by Gasteiger charge is 2.49. The van der Waals surface area contributed by atoms with Crippen LogP contribution in [-0.2, 0) is 15.1 Å². The number of imide groups is 2. The lowest BCUT2D eigenvalue weighted by atomic mass is 9.92. The maximum absolute atomic E-state index is 12.8. The summed E-state index contributed by atoms with van der Waals surface area (Å²) in [7, 11) is 0. The van der Waals surface area contributed by atoms with Gasteiger partial charge in [0, 0.05) is 10.7 Å². The smallest absolute Gasteiger partial charge is 0.319 e. The fourth-order valence-electron chi connectivity index (χ4n) is 3.17. The lowest BCUT2D eigenvalue weighted by Crippen LogP contribution is -2.45. The Morgan fingerprint density at radius 2 is 1.77 bits per heavy atom. The summed E-state index contributed by atoms with van der Waals surface area (Å²) in [6.45, 7) is 4.70. The van der Waals surface area contributed by atoms with Gasteiger partial charge in [-0.2, -0.15) is 0 Å². The highest BCUT2D eigenvalue weighted by Crippen LogP contribution is 2.29. The molecule has 1 fully saturated rings. The number of halogens is 1. The van der Waals surface area contributed by atoms with Gasteiger partial charge in [0.25, 0.3) is 5.91 Å². The summed E-state index contributed by atoms with van der Waals surface area (Å²) < 4.78 is 0. The molecule has 0 bridgehead atoms. The van der Waals surface area contributed by atoms with E-state index >= 15 is 0 Å². The van der Waals surface area contributed by atoms with Crippen LogP contribution < -0.4 is 16.0 Å². The normalized spacial score (nSPS) is 18.2. The SMILES string of the molecule is Cc1cccc(NC(=O)NC(=O)CN2C(=O)NC(C)(c3ccc(Cl)cc3)C2=O)c1C. The third kappa shape index (κ3) is 4.13. The molecular weight excluding hydrogens is 408 g/mol. The molecule has 6 amide bonds. The molecule has 156 valence electrons. The molecular formula is C21H21ClN4O4. The Morgan fingerprint density at radius 1 is 1.10 bits per heavy atom. The fraction of sp³-hybridized carbons (Fsp3) is 0.238. The van der Waals surface area contributed by atoms with Crippen LogP contribution in [0.5, 0.6) is 0 Å². The van der Waals surface area contributed by atoms with Crippen molar-refractivity contribution in [2.75, 3.05) is 11.9 Å². The summed E-state index contributed by atoms with van der Waals surface area (Å²) in [5.41, 5.74) is 1.61. The maximum Gasteiger partial charge on any atom is 0.325 e. The van der Waals surface area contributed by atoms with Gasteiger partial charge in [0.2, 0.25) is 5.91 Å². The average molecular weight is 429 g/mol. The predicted octanol–water partition coefficient (Wildman–Crippen LogP) is 3.07. The molecule has 2 aromatic rings. The van der Waals surface area contributed by atoms with E-state index in [-0.39, 0.29) is 0 Å². The molecule has 30 heavy (non-hydrogen) atoms. The summed E-state index contributed by atoms with van der Waals surface area (Å²) in [5.74, 6) is -1.39. The van der Waals surface area contributed by atoms with Crippen molar-refractivity contribution in [3.8, 4) is 0 Å². The number of hydrogen-bond acceptors (Lipinski definition) is 4. The Bertz CT molecular complexity index is 1040. The van der Waals surface area contributed by atoms with Crippen LogP contribution in [0.25, 0.3) is 0 Å². The van der Waals surface area contributed by atoms with Crippen LogP contribution in [0.2, 0.25) is 5.02 Å². The molecule has 1 aliphatic rings. The first-order valence-corrected chi connectivity index (χ1v) is 9.57. The molecule has 1 unspecified atom stereocenters. The number of aryl methyl sites for hydroxylation is 1. The van der Waals surface area contributed by atoms with Crippen LogP contribution in [-0.4, -0.2) is 35.3 Å². The van der Waals surface area contributed by atoms with Gasteiger partial charge < -0.3 is 10.6 Å². The van der Waals surface area contributed by atoms with E-state index in [0.29, 0.717) is 16.3 Å². The van der Waals surface area contributed by atoms with Crippen LogP contribution >= 0.6 is 11.6 Å². The van der Waals surface area contributed by atoms with Crippen LogP contribution in [0.15, 0.2) is 42.5 Å². The molecule has 0 aliphatic carbocycles. The average Bonchev–Trinajstić information content (AvgIpc) is 2.90. The first-order chi connectivity index (χ1) is 14.1. The van der Waals surface area contributed by atoms with Crippen LogP contribution in [0.1, 0.15) is 23.6 Å². The van der Waals surface area contributed by atoms with E-state index in [2.05, 4.69) is 16.0 Å². The lowest BCUT2D eigenvalue weighted by molar-refractivity contribution is -0.134. The molecule has 0 radical (unpaired) electrons. The molecule has 2 aromatic carbocycles. The fourth-order valence-corrected chi connectivity index (χ4v) is 3.30. The molecule has 9 heteroatoms. The first-order valence-electron chi connectivity index (χ1n) is 9.19. The Kier molecular flexibility index (Phi) is 5.80. The van der Waals surface area contributed by atoms with Crippen LogP contribution in [0, 0.1) is 13.8 Å². The number of rotatable bonds is 4. The number of carbonyl (C=O) groups excluding carboxylic acids is 4. The van der Waals surface area contributed by atoms with Crippen molar-refractivity contribution in [3.05, 3.63) is 64.2 Å². The van der Waals surface area contributed by atoms with E-state index in [4.69, 9.17) is 11.6 Å². The predicted molar refractivity (Wildman–Crippen MR) is 112 cm³/mol. The van der Waals surface area contributed by atoms with E-state index in [1.54, 1.807) is 43.3 Å². The molecule has 1 atom stereocenters. The Labute approximate surface area is 178 Å². The third-order valence-electron chi connectivity index (χ3n) is 5.10. The molecule has 3 N–H and O–H groups in total. The number of nitrogens with zero attached hydrogens (tertiary/aromatic N) is 1.